The Balaban J connectivity index is 2.19. The van der Waals surface area contributed by atoms with E-state index in [2.05, 4.69) is 12.2 Å². The number of hydrogen-bond acceptors (Lipinski definition) is 3. The van der Waals surface area contributed by atoms with Gasteiger partial charge in [-0.1, -0.05) is 18.5 Å². The summed E-state index contributed by atoms with van der Waals surface area (Å²) >= 11 is 6.01. The van der Waals surface area contributed by atoms with Gasteiger partial charge in [-0.25, -0.2) is 0 Å². The fourth-order valence-corrected chi connectivity index (χ4v) is 3.38. The van der Waals surface area contributed by atoms with E-state index in [-0.39, 0.29) is 17.9 Å². The van der Waals surface area contributed by atoms with E-state index in [1.54, 1.807) is 32.0 Å². The first kappa shape index (κ1) is 19.6. The molecule has 1 aromatic carbocycles. The van der Waals surface area contributed by atoms with Gasteiger partial charge in [0, 0.05) is 17.6 Å². The molecule has 1 aromatic rings. The summed E-state index contributed by atoms with van der Waals surface area (Å²) in [5.41, 5.74) is -0.704. The predicted molar refractivity (Wildman–Crippen MR) is 100 cm³/mol. The Kier molecular flexibility index (Phi) is 6.33. The predicted octanol–water partition coefficient (Wildman–Crippen LogP) is 4.10. The van der Waals surface area contributed by atoms with Gasteiger partial charge in [-0.3, -0.25) is 9.59 Å². The maximum Gasteiger partial charge on any atom is 0.239 e. The van der Waals surface area contributed by atoms with Crippen LogP contribution < -0.4 is 10.1 Å². The van der Waals surface area contributed by atoms with Crippen LogP contribution in [0.25, 0.3) is 0 Å². The topological polar surface area (TPSA) is 58.6 Å². The minimum atomic E-state index is -1.17. The molecule has 1 heterocycles. The lowest BCUT2D eigenvalue weighted by Crippen LogP contribution is -2.52. The molecule has 2 rings (SSSR count). The monoisotopic (exact) mass is 366 g/mol. The lowest BCUT2D eigenvalue weighted by Gasteiger charge is -2.39. The highest BCUT2D eigenvalue weighted by Gasteiger charge is 2.41. The number of hydrogen-bond donors (Lipinski definition) is 1. The van der Waals surface area contributed by atoms with Crippen LogP contribution in [-0.2, 0) is 9.59 Å². The van der Waals surface area contributed by atoms with Gasteiger partial charge in [-0.15, -0.1) is 0 Å². The van der Waals surface area contributed by atoms with Gasteiger partial charge in [0.25, 0.3) is 0 Å². The van der Waals surface area contributed by atoms with Crippen molar-refractivity contribution in [2.24, 2.45) is 5.41 Å². The van der Waals surface area contributed by atoms with Crippen molar-refractivity contribution in [1.82, 2.24) is 4.90 Å². The summed E-state index contributed by atoms with van der Waals surface area (Å²) in [7, 11) is 1.52. The summed E-state index contributed by atoms with van der Waals surface area (Å²) in [6.45, 7) is 6.14. The smallest absolute Gasteiger partial charge is 0.239 e. The molecule has 6 heteroatoms. The number of ether oxygens (including phenoxy) is 1. The minimum Gasteiger partial charge on any atom is -0.495 e. The first-order valence-corrected chi connectivity index (χ1v) is 9.15. The van der Waals surface area contributed by atoms with Gasteiger partial charge in [0.1, 0.15) is 11.2 Å². The Morgan fingerprint density at radius 2 is 2.08 bits per heavy atom. The number of benzene rings is 1. The molecule has 1 saturated heterocycles. The Bertz CT molecular complexity index is 646. The number of nitrogens with zero attached hydrogens (tertiary/aromatic N) is 1. The number of anilines is 1. The van der Waals surface area contributed by atoms with Gasteiger partial charge in [-0.05, 0) is 57.7 Å². The van der Waals surface area contributed by atoms with E-state index in [9.17, 15) is 9.59 Å². The van der Waals surface area contributed by atoms with Crippen molar-refractivity contribution in [3.63, 3.8) is 0 Å². The molecular weight excluding hydrogens is 340 g/mol. The van der Waals surface area contributed by atoms with Crippen LogP contribution in [0.2, 0.25) is 5.02 Å². The van der Waals surface area contributed by atoms with Crippen molar-refractivity contribution in [1.29, 1.82) is 0 Å². The number of nitrogens with one attached hydrogen (secondary N) is 1. The number of carbonyl (C=O) groups excluding carboxylic acids is 2. The van der Waals surface area contributed by atoms with Crippen LogP contribution >= 0.6 is 11.6 Å². The van der Waals surface area contributed by atoms with Crippen LogP contribution in [0, 0.1) is 5.41 Å². The van der Waals surface area contributed by atoms with E-state index < -0.39 is 5.41 Å². The fraction of sp³-hybridized carbons (Fsp3) is 0.579. The van der Waals surface area contributed by atoms with Crippen LogP contribution in [0.4, 0.5) is 5.69 Å². The Hall–Kier alpha value is -1.75. The average Bonchev–Trinajstić information content (AvgIpc) is 2.61. The lowest BCUT2D eigenvalue weighted by atomic mass is 9.87. The summed E-state index contributed by atoms with van der Waals surface area (Å²) in [5.74, 6) is 0.0152. The van der Waals surface area contributed by atoms with Crippen molar-refractivity contribution < 1.29 is 14.3 Å². The third kappa shape index (κ3) is 4.27. The Labute approximate surface area is 154 Å². The van der Waals surface area contributed by atoms with E-state index in [4.69, 9.17) is 16.3 Å². The standard InChI is InChI=1S/C19H27ClN2O3/c1-5-14-8-6-7-11-22(14)18(24)19(2,3)17(23)21-15-12-13(20)9-10-16(15)25-4/h9-10,12,14H,5-8,11H2,1-4H3,(H,21,23). The lowest BCUT2D eigenvalue weighted by molar-refractivity contribution is -0.149. The zero-order valence-corrected chi connectivity index (χ0v) is 16.2. The molecule has 0 radical (unpaired) electrons. The quantitative estimate of drug-likeness (QED) is 0.798. The van der Waals surface area contributed by atoms with Crippen LogP contribution in [0.15, 0.2) is 18.2 Å². The summed E-state index contributed by atoms with van der Waals surface area (Å²) < 4.78 is 5.26. The zero-order chi connectivity index (χ0) is 18.6. The molecule has 0 spiro atoms. The molecule has 1 aliphatic rings. The van der Waals surface area contributed by atoms with E-state index in [0.29, 0.717) is 23.0 Å². The molecule has 0 aliphatic carbocycles. The molecule has 2 amide bonds. The molecule has 1 aliphatic heterocycles. The molecule has 25 heavy (non-hydrogen) atoms. The largest absolute Gasteiger partial charge is 0.495 e. The Morgan fingerprint density at radius 3 is 2.72 bits per heavy atom. The van der Waals surface area contributed by atoms with Gasteiger partial charge < -0.3 is 15.0 Å². The summed E-state index contributed by atoms with van der Waals surface area (Å²) in [6.07, 6.45) is 4.03. The molecular formula is C19H27ClN2O3. The number of rotatable bonds is 5. The van der Waals surface area contributed by atoms with Crippen LogP contribution in [0.5, 0.6) is 5.75 Å². The fourth-order valence-electron chi connectivity index (χ4n) is 3.20. The minimum absolute atomic E-state index is 0.127. The van der Waals surface area contributed by atoms with Gasteiger partial charge in [0.15, 0.2) is 0 Å². The highest BCUT2D eigenvalue weighted by atomic mass is 35.5. The van der Waals surface area contributed by atoms with Crippen molar-refractivity contribution in [3.05, 3.63) is 23.2 Å². The SMILES string of the molecule is CCC1CCCCN1C(=O)C(C)(C)C(=O)Nc1cc(Cl)ccc1OC. The number of amides is 2. The van der Waals surface area contributed by atoms with Crippen molar-refractivity contribution in [2.45, 2.75) is 52.5 Å². The molecule has 0 bridgehead atoms. The molecule has 138 valence electrons. The first-order valence-electron chi connectivity index (χ1n) is 8.77. The number of likely N-dealkylation sites (tertiary alicyclic amines) is 1. The second kappa shape index (κ2) is 8.09. The van der Waals surface area contributed by atoms with Gasteiger partial charge >= 0.3 is 0 Å². The molecule has 0 saturated carbocycles. The summed E-state index contributed by atoms with van der Waals surface area (Å²) in [4.78, 5) is 27.8. The second-order valence-electron chi connectivity index (χ2n) is 6.98. The van der Waals surface area contributed by atoms with E-state index in [1.807, 2.05) is 4.90 Å². The second-order valence-corrected chi connectivity index (χ2v) is 7.42. The van der Waals surface area contributed by atoms with Crippen molar-refractivity contribution in [2.75, 3.05) is 19.0 Å². The molecule has 1 unspecified atom stereocenters. The van der Waals surface area contributed by atoms with Crippen molar-refractivity contribution >= 4 is 29.1 Å². The molecule has 1 atom stereocenters. The third-order valence-electron chi connectivity index (χ3n) is 4.87. The zero-order valence-electron chi connectivity index (χ0n) is 15.4. The van der Waals surface area contributed by atoms with Gasteiger partial charge in [-0.2, -0.15) is 0 Å². The highest BCUT2D eigenvalue weighted by molar-refractivity contribution is 6.31. The maximum absolute atomic E-state index is 13.0. The maximum atomic E-state index is 13.0. The number of carbonyl (C=O) groups is 2. The molecule has 1 fully saturated rings. The van der Waals surface area contributed by atoms with E-state index in [1.165, 1.54) is 7.11 Å². The molecule has 0 aromatic heterocycles. The summed E-state index contributed by atoms with van der Waals surface area (Å²) in [5, 5.41) is 3.29. The van der Waals surface area contributed by atoms with Crippen LogP contribution in [0.3, 0.4) is 0 Å². The summed E-state index contributed by atoms with van der Waals surface area (Å²) in [6, 6.07) is 5.21. The number of piperidine rings is 1. The van der Waals surface area contributed by atoms with Gasteiger partial charge in [0.2, 0.25) is 11.8 Å². The molecule has 5 nitrogen and oxygen atoms in total. The highest BCUT2D eigenvalue weighted by Crippen LogP contribution is 2.31. The van der Waals surface area contributed by atoms with E-state index in [0.717, 1.165) is 25.7 Å². The first-order chi connectivity index (χ1) is 11.8. The average molecular weight is 367 g/mol. The number of halogens is 1. The van der Waals surface area contributed by atoms with Gasteiger partial charge in [0.05, 0.1) is 12.8 Å². The Morgan fingerprint density at radius 1 is 1.36 bits per heavy atom. The van der Waals surface area contributed by atoms with Crippen LogP contribution in [-0.4, -0.2) is 36.4 Å². The van der Waals surface area contributed by atoms with E-state index >= 15 is 0 Å². The van der Waals surface area contributed by atoms with Crippen LogP contribution in [0.1, 0.15) is 46.5 Å². The normalized spacial score (nSPS) is 18.0. The molecule has 1 N–H and O–H groups in total. The van der Waals surface area contributed by atoms with Crippen molar-refractivity contribution in [3.8, 4) is 5.75 Å². The number of methoxy groups -OCH3 is 1. The third-order valence-corrected chi connectivity index (χ3v) is 5.11.